The summed E-state index contributed by atoms with van der Waals surface area (Å²) in [6.45, 7) is 0.564. The Kier molecular flexibility index (Phi) is 2.99. The topological polar surface area (TPSA) is 26.3 Å². The van der Waals surface area contributed by atoms with Gasteiger partial charge < -0.3 is 4.74 Å². The Balaban J connectivity index is 1.98. The molecule has 0 atom stereocenters. The Bertz CT molecular complexity index is 359. The van der Waals surface area contributed by atoms with Crippen molar-refractivity contribution in [3.8, 4) is 5.75 Å². The van der Waals surface area contributed by atoms with Gasteiger partial charge in [-0.2, -0.15) is 0 Å². The van der Waals surface area contributed by atoms with Crippen molar-refractivity contribution < 1.29 is 13.9 Å². The van der Waals surface area contributed by atoms with E-state index in [4.69, 9.17) is 4.74 Å². The average Bonchev–Trinajstić information content (AvgIpc) is 3.02. The minimum atomic E-state index is -0.520. The second-order valence-corrected chi connectivity index (χ2v) is 3.85. The van der Waals surface area contributed by atoms with E-state index in [1.807, 2.05) is 0 Å². The molecule has 0 unspecified atom stereocenters. The maximum Gasteiger partial charge on any atom is 0.156 e. The van der Waals surface area contributed by atoms with Crippen LogP contribution in [0, 0.1) is 11.7 Å². The fourth-order valence-corrected chi connectivity index (χ4v) is 1.50. The highest BCUT2D eigenvalue weighted by molar-refractivity contribution is 5.79. The Morgan fingerprint density at radius 1 is 1.47 bits per heavy atom. The van der Waals surface area contributed by atoms with Gasteiger partial charge in [-0.1, -0.05) is 18.9 Å². The van der Waals surface area contributed by atoms with Crippen LogP contribution in [0.25, 0.3) is 0 Å². The van der Waals surface area contributed by atoms with E-state index < -0.39 is 5.82 Å². The molecule has 3 heteroatoms. The van der Waals surface area contributed by atoms with Crippen LogP contribution in [0.5, 0.6) is 5.75 Å². The molecule has 2 rings (SSSR count). The van der Waals surface area contributed by atoms with Crippen LogP contribution in [0.15, 0.2) is 18.2 Å². The molecule has 15 heavy (non-hydrogen) atoms. The molecule has 0 aliphatic heterocycles. The number of rotatable bonds is 5. The molecule has 0 heterocycles. The molecule has 2 nitrogen and oxygen atoms in total. The molecular formula is C12H13FO2. The second-order valence-electron chi connectivity index (χ2n) is 3.85. The van der Waals surface area contributed by atoms with Crippen LogP contribution >= 0.6 is 0 Å². The predicted octanol–water partition coefficient (Wildman–Crippen LogP) is 2.82. The molecule has 1 fully saturated rings. The summed E-state index contributed by atoms with van der Waals surface area (Å²) in [5.41, 5.74) is 0.0216. The van der Waals surface area contributed by atoms with Gasteiger partial charge in [0.05, 0.1) is 12.2 Å². The van der Waals surface area contributed by atoms with E-state index in [1.54, 1.807) is 12.1 Å². The number of halogens is 1. The van der Waals surface area contributed by atoms with Crippen molar-refractivity contribution in [2.75, 3.05) is 6.61 Å². The molecule has 0 bridgehead atoms. The smallest absolute Gasteiger partial charge is 0.156 e. The van der Waals surface area contributed by atoms with E-state index in [0.717, 1.165) is 12.3 Å². The minimum absolute atomic E-state index is 0.0216. The molecular weight excluding hydrogens is 195 g/mol. The van der Waals surface area contributed by atoms with E-state index in [-0.39, 0.29) is 5.56 Å². The molecule has 0 spiro atoms. The number of carbonyl (C=O) groups is 1. The van der Waals surface area contributed by atoms with Gasteiger partial charge in [0.2, 0.25) is 0 Å². The van der Waals surface area contributed by atoms with Crippen LogP contribution < -0.4 is 4.74 Å². The third kappa shape index (κ3) is 2.55. The minimum Gasteiger partial charge on any atom is -0.493 e. The number of ether oxygens (including phenoxy) is 1. The van der Waals surface area contributed by atoms with Crippen molar-refractivity contribution in [2.45, 2.75) is 19.3 Å². The lowest BCUT2D eigenvalue weighted by Gasteiger charge is -2.07. The van der Waals surface area contributed by atoms with Crippen LogP contribution in [0.2, 0.25) is 0 Å². The monoisotopic (exact) mass is 208 g/mol. The summed E-state index contributed by atoms with van der Waals surface area (Å²) in [6.07, 6.45) is 4.04. The van der Waals surface area contributed by atoms with Gasteiger partial charge in [0.15, 0.2) is 6.29 Å². The highest BCUT2D eigenvalue weighted by Gasteiger charge is 2.21. The lowest BCUT2D eigenvalue weighted by molar-refractivity contribution is 0.111. The van der Waals surface area contributed by atoms with Crippen molar-refractivity contribution in [1.29, 1.82) is 0 Å². The summed E-state index contributed by atoms with van der Waals surface area (Å²) < 4.78 is 18.5. The van der Waals surface area contributed by atoms with E-state index in [2.05, 4.69) is 0 Å². The quantitative estimate of drug-likeness (QED) is 0.695. The number of aldehydes is 1. The standard InChI is InChI=1S/C12H13FO2/c13-11-2-1-3-12(10(11)8-14)15-7-6-9-4-5-9/h1-3,8-9H,4-7H2. The molecule has 1 aliphatic carbocycles. The van der Waals surface area contributed by atoms with Crippen LogP contribution in [0.1, 0.15) is 29.6 Å². The normalized spacial score (nSPS) is 15.0. The van der Waals surface area contributed by atoms with Crippen LogP contribution in [0.3, 0.4) is 0 Å². The SMILES string of the molecule is O=Cc1c(F)cccc1OCCC1CC1. The zero-order chi connectivity index (χ0) is 10.7. The lowest BCUT2D eigenvalue weighted by Crippen LogP contribution is -2.02. The van der Waals surface area contributed by atoms with Gasteiger partial charge in [-0.25, -0.2) is 4.39 Å². The number of hydrogen-bond acceptors (Lipinski definition) is 2. The predicted molar refractivity (Wildman–Crippen MR) is 54.6 cm³/mol. The Hall–Kier alpha value is -1.38. The summed E-state index contributed by atoms with van der Waals surface area (Å²) in [4.78, 5) is 10.6. The molecule has 80 valence electrons. The second kappa shape index (κ2) is 4.43. The highest BCUT2D eigenvalue weighted by Crippen LogP contribution is 2.32. The van der Waals surface area contributed by atoms with Gasteiger partial charge in [-0.05, 0) is 24.5 Å². The molecule has 1 saturated carbocycles. The molecule has 0 N–H and O–H groups in total. The van der Waals surface area contributed by atoms with Gasteiger partial charge in [0.25, 0.3) is 0 Å². The largest absolute Gasteiger partial charge is 0.493 e. The summed E-state index contributed by atoms with van der Waals surface area (Å²) in [6, 6.07) is 4.44. The Labute approximate surface area is 88.1 Å². The molecule has 0 amide bonds. The van der Waals surface area contributed by atoms with E-state index in [0.29, 0.717) is 18.6 Å². The first-order chi connectivity index (χ1) is 7.31. The first-order valence-electron chi connectivity index (χ1n) is 5.17. The van der Waals surface area contributed by atoms with E-state index >= 15 is 0 Å². The third-order valence-corrected chi connectivity index (χ3v) is 2.61. The van der Waals surface area contributed by atoms with Crippen molar-refractivity contribution in [1.82, 2.24) is 0 Å². The van der Waals surface area contributed by atoms with Gasteiger partial charge >= 0.3 is 0 Å². The van der Waals surface area contributed by atoms with E-state index in [1.165, 1.54) is 18.9 Å². The van der Waals surface area contributed by atoms with Crippen LogP contribution in [0.4, 0.5) is 4.39 Å². The maximum atomic E-state index is 13.1. The fourth-order valence-electron chi connectivity index (χ4n) is 1.50. The first-order valence-corrected chi connectivity index (χ1v) is 5.17. The average molecular weight is 208 g/mol. The van der Waals surface area contributed by atoms with Crippen LogP contribution in [-0.2, 0) is 0 Å². The van der Waals surface area contributed by atoms with Gasteiger partial charge in [-0.15, -0.1) is 0 Å². The zero-order valence-electron chi connectivity index (χ0n) is 8.41. The van der Waals surface area contributed by atoms with Gasteiger partial charge in [0, 0.05) is 0 Å². The first kappa shape index (κ1) is 10.1. The molecule has 1 aromatic carbocycles. The number of hydrogen-bond donors (Lipinski definition) is 0. The Morgan fingerprint density at radius 2 is 2.27 bits per heavy atom. The highest BCUT2D eigenvalue weighted by atomic mass is 19.1. The van der Waals surface area contributed by atoms with E-state index in [9.17, 15) is 9.18 Å². The fraction of sp³-hybridized carbons (Fsp3) is 0.417. The summed E-state index contributed by atoms with van der Waals surface area (Å²) in [5, 5.41) is 0. The third-order valence-electron chi connectivity index (χ3n) is 2.61. The van der Waals surface area contributed by atoms with Gasteiger partial charge in [-0.3, -0.25) is 4.79 Å². The summed E-state index contributed by atoms with van der Waals surface area (Å²) >= 11 is 0. The Morgan fingerprint density at radius 3 is 2.93 bits per heavy atom. The zero-order valence-corrected chi connectivity index (χ0v) is 8.41. The molecule has 1 aliphatic rings. The molecule has 0 radical (unpaired) electrons. The van der Waals surface area contributed by atoms with Crippen molar-refractivity contribution in [3.05, 3.63) is 29.6 Å². The molecule has 0 saturated heterocycles. The van der Waals surface area contributed by atoms with Crippen molar-refractivity contribution >= 4 is 6.29 Å². The van der Waals surface area contributed by atoms with Crippen molar-refractivity contribution in [3.63, 3.8) is 0 Å². The summed E-state index contributed by atoms with van der Waals surface area (Å²) in [7, 11) is 0. The van der Waals surface area contributed by atoms with Gasteiger partial charge in [0.1, 0.15) is 11.6 Å². The lowest BCUT2D eigenvalue weighted by atomic mass is 10.2. The molecule has 1 aromatic rings. The van der Waals surface area contributed by atoms with Crippen molar-refractivity contribution in [2.24, 2.45) is 5.92 Å². The molecule has 0 aromatic heterocycles. The number of carbonyl (C=O) groups excluding carboxylic acids is 1. The summed E-state index contributed by atoms with van der Waals surface area (Å²) in [5.74, 6) is 0.609. The maximum absolute atomic E-state index is 13.1. The number of benzene rings is 1. The van der Waals surface area contributed by atoms with Crippen LogP contribution in [-0.4, -0.2) is 12.9 Å².